The zero-order valence-electron chi connectivity index (χ0n) is 24.9. The number of hydrazone groups is 1. The van der Waals surface area contributed by atoms with Crippen molar-refractivity contribution in [3.63, 3.8) is 0 Å². The summed E-state index contributed by atoms with van der Waals surface area (Å²) in [7, 11) is 2.59. The molecule has 0 radical (unpaired) electrons. The van der Waals surface area contributed by atoms with E-state index in [4.69, 9.17) is 23.4 Å². The van der Waals surface area contributed by atoms with Gasteiger partial charge in [0.05, 0.1) is 44.2 Å². The van der Waals surface area contributed by atoms with Gasteiger partial charge in [0, 0.05) is 11.3 Å². The third kappa shape index (κ3) is 7.36. The number of nitrogens with one attached hydrogen (secondary N) is 3. The number of methoxy groups -OCH3 is 2. The maximum absolute atomic E-state index is 12.4. The molecule has 4 N–H and O–H groups in total. The Morgan fingerprint density at radius 1 is 1.05 bits per heavy atom. The number of benzene rings is 2. The normalized spacial score (nSPS) is 15.3. The summed E-state index contributed by atoms with van der Waals surface area (Å²) in [5, 5.41) is 19.7. The van der Waals surface area contributed by atoms with Crippen molar-refractivity contribution in [1.82, 2.24) is 16.1 Å². The molecular formula is C31H34N4O9. The van der Waals surface area contributed by atoms with E-state index in [9.17, 15) is 19.5 Å². The number of aliphatic hydroxyl groups is 1. The lowest BCUT2D eigenvalue weighted by Gasteiger charge is -2.28. The molecule has 0 spiro atoms. The second-order valence-electron chi connectivity index (χ2n) is 9.64. The molecule has 44 heavy (non-hydrogen) atoms. The first-order valence-corrected chi connectivity index (χ1v) is 13.7. The number of nitrogens with zero attached hydrogens (tertiary/aromatic N) is 1. The van der Waals surface area contributed by atoms with Gasteiger partial charge < -0.3 is 39.1 Å². The third-order valence-electron chi connectivity index (χ3n) is 6.64. The standard InChI is InChI=1S/C31H34N4O9/c1-6-42-25-14-19(28-27(30(38)41-5)18(3)33-31(39)34-28)9-11-24(25)43-16-26(36)35-32-15-21-10-12-23(44-21)22-13-20(29(37)40-4)8-7-17(22)2/h7-15,26,28,35-36H,6,16H2,1-5H3,(H2,33,34,39)/b32-15-/t26-,28+/m1/s1. The highest BCUT2D eigenvalue weighted by molar-refractivity contribution is 5.95. The molecule has 1 aliphatic rings. The predicted molar refractivity (Wildman–Crippen MR) is 159 cm³/mol. The number of furan rings is 1. The van der Waals surface area contributed by atoms with E-state index in [0.29, 0.717) is 46.5 Å². The molecule has 0 fully saturated rings. The van der Waals surface area contributed by atoms with Crippen molar-refractivity contribution in [1.29, 1.82) is 0 Å². The van der Waals surface area contributed by atoms with Gasteiger partial charge in [-0.25, -0.2) is 14.4 Å². The average Bonchev–Trinajstić information content (AvgIpc) is 3.48. The summed E-state index contributed by atoms with van der Waals surface area (Å²) in [6.07, 6.45) is 0.211. The summed E-state index contributed by atoms with van der Waals surface area (Å²) in [6.45, 7) is 5.45. The van der Waals surface area contributed by atoms with Gasteiger partial charge in [0.2, 0.25) is 0 Å². The smallest absolute Gasteiger partial charge is 0.337 e. The molecule has 1 aliphatic heterocycles. The first-order valence-electron chi connectivity index (χ1n) is 13.7. The second kappa shape index (κ2) is 14.2. The summed E-state index contributed by atoms with van der Waals surface area (Å²) in [5.74, 6) is 0.615. The van der Waals surface area contributed by atoms with Crippen LogP contribution in [0.1, 0.15) is 47.1 Å². The summed E-state index contributed by atoms with van der Waals surface area (Å²) in [4.78, 5) is 36.5. The highest BCUT2D eigenvalue weighted by atomic mass is 16.5. The van der Waals surface area contributed by atoms with Crippen molar-refractivity contribution in [3.8, 4) is 22.8 Å². The van der Waals surface area contributed by atoms with Gasteiger partial charge in [0.25, 0.3) is 0 Å². The number of amides is 2. The minimum Gasteiger partial charge on any atom is -0.490 e. The molecule has 0 bridgehead atoms. The Morgan fingerprint density at radius 3 is 2.55 bits per heavy atom. The van der Waals surface area contributed by atoms with Crippen LogP contribution in [0.5, 0.6) is 11.5 Å². The molecule has 13 heteroatoms. The van der Waals surface area contributed by atoms with E-state index in [1.807, 2.05) is 13.0 Å². The minimum absolute atomic E-state index is 0.184. The predicted octanol–water partition coefficient (Wildman–Crippen LogP) is 3.56. The fourth-order valence-electron chi connectivity index (χ4n) is 4.51. The highest BCUT2D eigenvalue weighted by Gasteiger charge is 2.32. The lowest BCUT2D eigenvalue weighted by Crippen LogP contribution is -2.45. The molecule has 232 valence electrons. The first kappa shape index (κ1) is 31.6. The largest absolute Gasteiger partial charge is 0.490 e. The monoisotopic (exact) mass is 606 g/mol. The molecule has 0 aliphatic carbocycles. The molecule has 2 atom stereocenters. The van der Waals surface area contributed by atoms with Crippen LogP contribution in [-0.4, -0.2) is 63.0 Å². The van der Waals surface area contributed by atoms with Crippen LogP contribution in [0.3, 0.4) is 0 Å². The summed E-state index contributed by atoms with van der Waals surface area (Å²) >= 11 is 0. The van der Waals surface area contributed by atoms with Gasteiger partial charge in [0.1, 0.15) is 18.1 Å². The lowest BCUT2D eigenvalue weighted by molar-refractivity contribution is -0.136. The Kier molecular flexibility index (Phi) is 10.2. The number of carbonyl (C=O) groups excluding carboxylic acids is 3. The number of rotatable bonds is 12. The van der Waals surface area contributed by atoms with Crippen molar-refractivity contribution >= 4 is 24.2 Å². The number of aryl methyl sites for hydroxylation is 1. The fourth-order valence-corrected chi connectivity index (χ4v) is 4.51. The molecule has 1 aromatic heterocycles. The molecule has 2 aromatic carbocycles. The van der Waals surface area contributed by atoms with E-state index in [-0.39, 0.29) is 12.2 Å². The fraction of sp³-hybridized carbons (Fsp3) is 0.290. The van der Waals surface area contributed by atoms with Crippen LogP contribution in [0.4, 0.5) is 4.79 Å². The summed E-state index contributed by atoms with van der Waals surface area (Å²) in [5.41, 5.74) is 5.84. The Balaban J connectivity index is 1.40. The lowest BCUT2D eigenvalue weighted by atomic mass is 9.95. The topological polar surface area (TPSA) is 170 Å². The van der Waals surface area contributed by atoms with Gasteiger partial charge in [0.15, 0.2) is 17.7 Å². The maximum Gasteiger partial charge on any atom is 0.337 e. The Morgan fingerprint density at radius 2 is 1.82 bits per heavy atom. The van der Waals surface area contributed by atoms with Crippen LogP contribution in [0.15, 0.2) is 69.3 Å². The number of esters is 2. The molecule has 0 unspecified atom stereocenters. The van der Waals surface area contributed by atoms with Crippen molar-refractivity contribution in [3.05, 3.63) is 82.3 Å². The van der Waals surface area contributed by atoms with Crippen LogP contribution < -0.4 is 25.5 Å². The van der Waals surface area contributed by atoms with Gasteiger partial charge in [-0.05, 0) is 68.3 Å². The van der Waals surface area contributed by atoms with Gasteiger partial charge in [-0.2, -0.15) is 5.10 Å². The number of ether oxygens (including phenoxy) is 4. The Hall–Kier alpha value is -5.30. The van der Waals surface area contributed by atoms with E-state index in [1.54, 1.807) is 56.3 Å². The van der Waals surface area contributed by atoms with E-state index in [0.717, 1.165) is 11.1 Å². The summed E-state index contributed by atoms with van der Waals surface area (Å²) < 4.78 is 27.0. The van der Waals surface area contributed by atoms with Crippen molar-refractivity contribution in [2.75, 3.05) is 27.4 Å². The zero-order chi connectivity index (χ0) is 31.8. The van der Waals surface area contributed by atoms with Crippen molar-refractivity contribution in [2.45, 2.75) is 33.0 Å². The van der Waals surface area contributed by atoms with Crippen LogP contribution in [0.25, 0.3) is 11.3 Å². The van der Waals surface area contributed by atoms with Gasteiger partial charge >= 0.3 is 18.0 Å². The molecule has 0 saturated heterocycles. The van der Waals surface area contributed by atoms with E-state index in [2.05, 4.69) is 21.2 Å². The Bertz CT molecular complexity index is 1590. The number of aliphatic hydroxyl groups excluding tert-OH is 1. The van der Waals surface area contributed by atoms with Gasteiger partial charge in [-0.1, -0.05) is 12.1 Å². The van der Waals surface area contributed by atoms with Crippen LogP contribution in [-0.2, 0) is 14.3 Å². The molecule has 13 nitrogen and oxygen atoms in total. The summed E-state index contributed by atoms with van der Waals surface area (Å²) in [6, 6.07) is 12.4. The van der Waals surface area contributed by atoms with E-state index in [1.165, 1.54) is 20.4 Å². The van der Waals surface area contributed by atoms with Crippen LogP contribution >= 0.6 is 0 Å². The van der Waals surface area contributed by atoms with Crippen molar-refractivity contribution < 1.29 is 42.9 Å². The number of allylic oxidation sites excluding steroid dienone is 1. The quantitative estimate of drug-likeness (QED) is 0.103. The average molecular weight is 607 g/mol. The van der Waals surface area contributed by atoms with E-state index >= 15 is 0 Å². The van der Waals surface area contributed by atoms with Gasteiger partial charge in [-0.15, -0.1) is 0 Å². The SMILES string of the molecule is CCOc1cc([C@@H]2NC(=O)NC(C)=C2C(=O)OC)ccc1OC[C@@H](O)N/N=C\c1ccc(-c2cc(C(=O)OC)ccc2C)o1. The minimum atomic E-state index is -1.19. The molecule has 3 aromatic rings. The molecule has 2 amide bonds. The molecule has 4 rings (SSSR count). The number of hydrogen-bond donors (Lipinski definition) is 4. The molecule has 2 heterocycles. The highest BCUT2D eigenvalue weighted by Crippen LogP contribution is 2.35. The second-order valence-corrected chi connectivity index (χ2v) is 9.64. The van der Waals surface area contributed by atoms with E-state index < -0.39 is 30.2 Å². The number of hydrogen-bond acceptors (Lipinski definition) is 11. The molecular weight excluding hydrogens is 572 g/mol. The van der Waals surface area contributed by atoms with Crippen LogP contribution in [0, 0.1) is 6.92 Å². The third-order valence-corrected chi connectivity index (χ3v) is 6.64. The number of carbonyl (C=O) groups is 3. The van der Waals surface area contributed by atoms with Crippen molar-refractivity contribution in [2.24, 2.45) is 5.10 Å². The molecule has 0 saturated carbocycles. The Labute approximate surface area is 253 Å². The zero-order valence-corrected chi connectivity index (χ0v) is 24.9. The van der Waals surface area contributed by atoms with Gasteiger partial charge in [-0.3, -0.25) is 5.43 Å². The van der Waals surface area contributed by atoms with Crippen LogP contribution in [0.2, 0.25) is 0 Å². The maximum atomic E-state index is 12.4. The first-order chi connectivity index (χ1) is 21.1. The number of urea groups is 1.